The highest BCUT2D eigenvalue weighted by molar-refractivity contribution is 5.78. The number of esters is 1. The maximum Gasteiger partial charge on any atom is 0.302 e. The minimum atomic E-state index is -0.211. The quantitative estimate of drug-likeness (QED) is 0.409. The molecular formula is C22H39N3O4. The summed E-state index contributed by atoms with van der Waals surface area (Å²) < 4.78 is 4.40. The second-order valence-corrected chi connectivity index (χ2v) is 6.94. The average molecular weight is 410 g/mol. The fourth-order valence-corrected chi connectivity index (χ4v) is 2.88. The van der Waals surface area contributed by atoms with Crippen molar-refractivity contribution < 1.29 is 19.1 Å². The van der Waals surface area contributed by atoms with Crippen LogP contribution in [0.25, 0.3) is 0 Å². The smallest absolute Gasteiger partial charge is 0.302 e. The number of ether oxygens (including phenoxy) is 1. The van der Waals surface area contributed by atoms with Crippen molar-refractivity contribution in [2.45, 2.75) is 67.2 Å². The molecule has 0 fully saturated rings. The predicted octanol–water partition coefficient (Wildman–Crippen LogP) is 2.72. The standard InChI is InChI=1S/C18H31N3O2.C4H8O2/c1-5-7-10-21(6-2)11-9-19-18(23)13-17-15(4)14(3)16(20-17)8-12-22;1-3-6-4(2)5/h12,20H,5-11,13H2,1-4H3,(H,19,23);3H2,1-2H3. The Balaban J connectivity index is 0.00000113. The summed E-state index contributed by atoms with van der Waals surface area (Å²) in [5.74, 6) is -0.184. The van der Waals surface area contributed by atoms with Gasteiger partial charge >= 0.3 is 5.97 Å². The van der Waals surface area contributed by atoms with Gasteiger partial charge in [-0.2, -0.15) is 0 Å². The molecule has 0 aliphatic carbocycles. The Morgan fingerprint density at radius 3 is 2.24 bits per heavy atom. The van der Waals surface area contributed by atoms with E-state index in [1.54, 1.807) is 6.92 Å². The molecule has 1 aromatic heterocycles. The van der Waals surface area contributed by atoms with Crippen LogP contribution in [-0.4, -0.2) is 60.8 Å². The predicted molar refractivity (Wildman–Crippen MR) is 116 cm³/mol. The minimum absolute atomic E-state index is 0.0264. The normalized spacial score (nSPS) is 10.3. The Hall–Kier alpha value is -2.15. The third kappa shape index (κ3) is 11.4. The Morgan fingerprint density at radius 2 is 1.76 bits per heavy atom. The number of likely N-dealkylation sites (N-methyl/N-ethyl adjacent to an activating group) is 1. The monoisotopic (exact) mass is 409 g/mol. The van der Waals surface area contributed by atoms with Crippen LogP contribution < -0.4 is 5.32 Å². The second kappa shape index (κ2) is 15.7. The van der Waals surface area contributed by atoms with Crippen molar-refractivity contribution in [2.75, 3.05) is 32.8 Å². The van der Waals surface area contributed by atoms with Crippen molar-refractivity contribution in [3.05, 3.63) is 22.5 Å². The zero-order valence-corrected chi connectivity index (χ0v) is 19.0. The zero-order chi connectivity index (χ0) is 22.2. The van der Waals surface area contributed by atoms with E-state index in [4.69, 9.17) is 0 Å². The molecule has 2 N–H and O–H groups in total. The minimum Gasteiger partial charge on any atom is -0.466 e. The number of amides is 1. The maximum atomic E-state index is 12.1. The molecule has 7 heteroatoms. The van der Waals surface area contributed by atoms with Crippen molar-refractivity contribution in [3.8, 4) is 0 Å². The highest BCUT2D eigenvalue weighted by Crippen LogP contribution is 2.17. The number of rotatable bonds is 12. The number of carbonyl (C=O) groups excluding carboxylic acids is 3. The number of H-pyrrole nitrogens is 1. The highest BCUT2D eigenvalue weighted by Gasteiger charge is 2.13. The van der Waals surface area contributed by atoms with E-state index in [9.17, 15) is 14.4 Å². The average Bonchev–Trinajstić information content (AvgIpc) is 2.93. The number of carbonyl (C=O) groups is 3. The number of unbranched alkanes of at least 4 members (excludes halogenated alkanes) is 1. The van der Waals surface area contributed by atoms with Gasteiger partial charge in [0.25, 0.3) is 0 Å². The van der Waals surface area contributed by atoms with Crippen LogP contribution in [0, 0.1) is 13.8 Å². The summed E-state index contributed by atoms with van der Waals surface area (Å²) in [5.41, 5.74) is 3.99. The lowest BCUT2D eigenvalue weighted by atomic mass is 10.1. The van der Waals surface area contributed by atoms with Gasteiger partial charge in [-0.3, -0.25) is 9.59 Å². The van der Waals surface area contributed by atoms with Crippen LogP contribution >= 0.6 is 0 Å². The van der Waals surface area contributed by atoms with E-state index in [2.05, 4.69) is 33.8 Å². The van der Waals surface area contributed by atoms with E-state index in [0.717, 1.165) is 48.4 Å². The number of aromatic amines is 1. The summed E-state index contributed by atoms with van der Waals surface area (Å²) in [5, 5.41) is 2.99. The molecular weight excluding hydrogens is 370 g/mol. The van der Waals surface area contributed by atoms with Crippen LogP contribution in [0.3, 0.4) is 0 Å². The summed E-state index contributed by atoms with van der Waals surface area (Å²) in [6.45, 7) is 15.6. The number of hydrogen-bond donors (Lipinski definition) is 2. The third-order valence-electron chi connectivity index (χ3n) is 4.77. The Labute approximate surface area is 175 Å². The number of aromatic nitrogens is 1. The first-order valence-corrected chi connectivity index (χ1v) is 10.5. The molecule has 0 unspecified atom stereocenters. The number of nitrogens with zero attached hydrogens (tertiary/aromatic N) is 1. The summed E-state index contributed by atoms with van der Waals surface area (Å²) in [4.78, 5) is 38.2. The molecule has 0 aliphatic heterocycles. The second-order valence-electron chi connectivity index (χ2n) is 6.94. The molecule has 0 radical (unpaired) electrons. The lowest BCUT2D eigenvalue weighted by Gasteiger charge is -2.20. The fourth-order valence-electron chi connectivity index (χ4n) is 2.88. The van der Waals surface area contributed by atoms with Gasteiger partial charge in [-0.15, -0.1) is 0 Å². The van der Waals surface area contributed by atoms with Gasteiger partial charge in [0, 0.05) is 37.8 Å². The maximum absolute atomic E-state index is 12.1. The van der Waals surface area contributed by atoms with Crippen LogP contribution in [-0.2, 0) is 32.0 Å². The van der Waals surface area contributed by atoms with Gasteiger partial charge in [0.15, 0.2) is 0 Å². The van der Waals surface area contributed by atoms with Crippen LogP contribution in [0.5, 0.6) is 0 Å². The molecule has 0 saturated heterocycles. The lowest BCUT2D eigenvalue weighted by Crippen LogP contribution is -2.36. The molecule has 0 bridgehead atoms. The van der Waals surface area contributed by atoms with Crippen molar-refractivity contribution in [3.63, 3.8) is 0 Å². The molecule has 0 aliphatic rings. The fraction of sp³-hybridized carbons (Fsp3) is 0.682. The van der Waals surface area contributed by atoms with Crippen LogP contribution in [0.2, 0.25) is 0 Å². The molecule has 1 rings (SSSR count). The molecule has 0 atom stereocenters. The van der Waals surface area contributed by atoms with Gasteiger partial charge in [0.05, 0.1) is 13.0 Å². The number of nitrogens with one attached hydrogen (secondary N) is 2. The first kappa shape index (κ1) is 26.9. The largest absolute Gasteiger partial charge is 0.466 e. The zero-order valence-electron chi connectivity index (χ0n) is 19.0. The molecule has 7 nitrogen and oxygen atoms in total. The molecule has 29 heavy (non-hydrogen) atoms. The molecule has 0 aromatic carbocycles. The van der Waals surface area contributed by atoms with E-state index < -0.39 is 0 Å². The van der Waals surface area contributed by atoms with E-state index >= 15 is 0 Å². The molecule has 166 valence electrons. The van der Waals surface area contributed by atoms with Gasteiger partial charge in [-0.1, -0.05) is 20.3 Å². The lowest BCUT2D eigenvalue weighted by molar-refractivity contribution is -0.140. The van der Waals surface area contributed by atoms with E-state index in [0.29, 0.717) is 26.0 Å². The van der Waals surface area contributed by atoms with Gasteiger partial charge in [-0.05, 0) is 51.4 Å². The van der Waals surface area contributed by atoms with Crippen molar-refractivity contribution in [2.24, 2.45) is 0 Å². The summed E-state index contributed by atoms with van der Waals surface area (Å²) >= 11 is 0. The number of aldehydes is 1. The van der Waals surface area contributed by atoms with Crippen molar-refractivity contribution in [1.29, 1.82) is 0 Å². The van der Waals surface area contributed by atoms with E-state index in [1.807, 2.05) is 13.8 Å². The van der Waals surface area contributed by atoms with Gasteiger partial charge in [0.2, 0.25) is 5.91 Å². The summed E-state index contributed by atoms with van der Waals surface area (Å²) in [7, 11) is 0. The Morgan fingerprint density at radius 1 is 1.10 bits per heavy atom. The Kier molecular flexibility index (Phi) is 14.6. The van der Waals surface area contributed by atoms with Gasteiger partial charge in [-0.25, -0.2) is 0 Å². The highest BCUT2D eigenvalue weighted by atomic mass is 16.5. The first-order valence-electron chi connectivity index (χ1n) is 10.5. The molecule has 0 spiro atoms. The van der Waals surface area contributed by atoms with Crippen molar-refractivity contribution >= 4 is 18.2 Å². The first-order chi connectivity index (χ1) is 13.8. The Bertz CT molecular complexity index is 626. The molecule has 1 amide bonds. The molecule has 1 heterocycles. The van der Waals surface area contributed by atoms with Crippen LogP contribution in [0.15, 0.2) is 0 Å². The van der Waals surface area contributed by atoms with Crippen LogP contribution in [0.4, 0.5) is 0 Å². The van der Waals surface area contributed by atoms with E-state index in [1.165, 1.54) is 19.8 Å². The van der Waals surface area contributed by atoms with Crippen molar-refractivity contribution in [1.82, 2.24) is 15.2 Å². The van der Waals surface area contributed by atoms with E-state index in [-0.39, 0.29) is 11.9 Å². The SMILES string of the molecule is CCCCN(CC)CCNC(=O)Cc1[nH]c(CC=O)c(C)c1C.CCOC(C)=O. The summed E-state index contributed by atoms with van der Waals surface area (Å²) in [6, 6.07) is 0. The molecule has 0 saturated carbocycles. The van der Waals surface area contributed by atoms with Crippen LogP contribution in [0.1, 0.15) is 63.1 Å². The summed E-state index contributed by atoms with van der Waals surface area (Å²) in [6.07, 6.45) is 3.99. The topological polar surface area (TPSA) is 91.5 Å². The van der Waals surface area contributed by atoms with Gasteiger partial charge in [0.1, 0.15) is 6.29 Å². The molecule has 1 aromatic rings. The van der Waals surface area contributed by atoms with Gasteiger partial charge < -0.3 is 24.7 Å². The third-order valence-corrected chi connectivity index (χ3v) is 4.77. The number of hydrogen-bond acceptors (Lipinski definition) is 5.